The quantitative estimate of drug-likeness (QED) is 0.715. The van der Waals surface area contributed by atoms with E-state index >= 15 is 0 Å². The minimum atomic E-state index is -0.0517. The number of hydrogen-bond donors (Lipinski definition) is 1. The van der Waals surface area contributed by atoms with Gasteiger partial charge < -0.3 is 5.32 Å². The largest absolute Gasteiger partial charge is 0.352 e. The number of nitrogens with one attached hydrogen (secondary N) is 1. The third-order valence-electron chi connectivity index (χ3n) is 3.45. The lowest BCUT2D eigenvalue weighted by Gasteiger charge is -2.25. The molecule has 0 bridgehead atoms. The van der Waals surface area contributed by atoms with Gasteiger partial charge >= 0.3 is 0 Å². The highest BCUT2D eigenvalue weighted by atomic mass is 79.9. The minimum absolute atomic E-state index is 0.0517. The molecule has 0 aliphatic heterocycles. The molecule has 0 radical (unpaired) electrons. The fourth-order valence-electron chi connectivity index (χ4n) is 2.35. The fraction of sp³-hybridized carbons (Fsp3) is 0.500. The maximum Gasteiger partial charge on any atom is 0.251 e. The van der Waals surface area contributed by atoms with Crippen LogP contribution in [0.1, 0.15) is 36.0 Å². The highest BCUT2D eigenvalue weighted by Crippen LogP contribution is 2.28. The molecule has 1 aromatic carbocycles. The molecule has 1 aliphatic carbocycles. The van der Waals surface area contributed by atoms with Gasteiger partial charge in [0.25, 0.3) is 5.91 Å². The lowest BCUT2D eigenvalue weighted by atomic mass is 9.89. The summed E-state index contributed by atoms with van der Waals surface area (Å²) in [5.41, 5.74) is 0.605. The van der Waals surface area contributed by atoms with Crippen LogP contribution in [0.25, 0.3) is 0 Å². The molecule has 1 aromatic rings. The van der Waals surface area contributed by atoms with E-state index < -0.39 is 0 Å². The molecule has 0 spiro atoms. The van der Waals surface area contributed by atoms with Crippen LogP contribution < -0.4 is 5.32 Å². The molecule has 5 heteroatoms. The van der Waals surface area contributed by atoms with Crippen LogP contribution in [-0.2, 0) is 0 Å². The SMILES string of the molecule is O=C(NCC1CCC(Br)CC1)c1cc(Cl)cc(Br)c1. The molecule has 1 fully saturated rings. The zero-order valence-corrected chi connectivity index (χ0v) is 14.4. The van der Waals surface area contributed by atoms with Crippen molar-refractivity contribution in [1.29, 1.82) is 0 Å². The molecule has 0 saturated heterocycles. The number of alkyl halides is 1. The Labute approximate surface area is 135 Å². The van der Waals surface area contributed by atoms with Crippen molar-refractivity contribution in [3.63, 3.8) is 0 Å². The molecule has 0 atom stereocenters. The standard InChI is InChI=1S/C14H16Br2ClNO/c15-11-3-1-9(2-4-11)8-18-14(19)10-5-12(16)7-13(17)6-10/h5-7,9,11H,1-4,8H2,(H,18,19). The van der Waals surface area contributed by atoms with E-state index in [1.165, 1.54) is 25.7 Å². The number of carbonyl (C=O) groups excluding carboxylic acids is 1. The van der Waals surface area contributed by atoms with Gasteiger partial charge in [0.2, 0.25) is 0 Å². The molecular formula is C14H16Br2ClNO. The van der Waals surface area contributed by atoms with Gasteiger partial charge in [-0.15, -0.1) is 0 Å². The molecule has 19 heavy (non-hydrogen) atoms. The lowest BCUT2D eigenvalue weighted by Crippen LogP contribution is -2.31. The first-order valence-electron chi connectivity index (χ1n) is 6.43. The number of hydrogen-bond acceptors (Lipinski definition) is 1. The van der Waals surface area contributed by atoms with Crippen LogP contribution in [0.2, 0.25) is 5.02 Å². The van der Waals surface area contributed by atoms with E-state index in [1.807, 2.05) is 0 Å². The van der Waals surface area contributed by atoms with Gasteiger partial charge in [0, 0.05) is 26.4 Å². The van der Waals surface area contributed by atoms with Gasteiger partial charge in [0.1, 0.15) is 0 Å². The zero-order chi connectivity index (χ0) is 13.8. The van der Waals surface area contributed by atoms with Gasteiger partial charge in [-0.1, -0.05) is 43.5 Å². The number of rotatable bonds is 3. The van der Waals surface area contributed by atoms with Crippen molar-refractivity contribution in [3.05, 3.63) is 33.3 Å². The smallest absolute Gasteiger partial charge is 0.251 e. The molecule has 1 aliphatic rings. The Morgan fingerprint density at radius 2 is 1.95 bits per heavy atom. The number of amides is 1. The summed E-state index contributed by atoms with van der Waals surface area (Å²) in [6, 6.07) is 5.25. The van der Waals surface area contributed by atoms with Crippen LogP contribution >= 0.6 is 43.5 Å². The second kappa shape index (κ2) is 7.09. The number of benzene rings is 1. The van der Waals surface area contributed by atoms with Crippen molar-refractivity contribution in [2.45, 2.75) is 30.5 Å². The topological polar surface area (TPSA) is 29.1 Å². The molecule has 0 aromatic heterocycles. The zero-order valence-electron chi connectivity index (χ0n) is 10.5. The molecule has 2 nitrogen and oxygen atoms in total. The molecule has 2 rings (SSSR count). The molecule has 1 N–H and O–H groups in total. The van der Waals surface area contributed by atoms with Crippen LogP contribution in [0.3, 0.4) is 0 Å². The van der Waals surface area contributed by atoms with Gasteiger partial charge in [-0.05, 0) is 49.8 Å². The van der Waals surface area contributed by atoms with Gasteiger partial charge in [-0.25, -0.2) is 0 Å². The van der Waals surface area contributed by atoms with Crippen LogP contribution in [0.5, 0.6) is 0 Å². The van der Waals surface area contributed by atoms with Crippen LogP contribution in [-0.4, -0.2) is 17.3 Å². The van der Waals surface area contributed by atoms with Crippen molar-refractivity contribution >= 4 is 49.4 Å². The van der Waals surface area contributed by atoms with Gasteiger partial charge in [0.15, 0.2) is 0 Å². The summed E-state index contributed by atoms with van der Waals surface area (Å²) in [6.07, 6.45) is 4.75. The first-order valence-corrected chi connectivity index (χ1v) is 8.51. The van der Waals surface area contributed by atoms with E-state index in [4.69, 9.17) is 11.6 Å². The van der Waals surface area contributed by atoms with E-state index in [0.717, 1.165) is 11.0 Å². The van der Waals surface area contributed by atoms with E-state index in [-0.39, 0.29) is 5.91 Å². The Balaban J connectivity index is 1.87. The van der Waals surface area contributed by atoms with Crippen molar-refractivity contribution in [3.8, 4) is 0 Å². The molecule has 1 saturated carbocycles. The summed E-state index contributed by atoms with van der Waals surface area (Å²) < 4.78 is 0.824. The third kappa shape index (κ3) is 4.76. The average Bonchev–Trinajstić information content (AvgIpc) is 2.36. The van der Waals surface area contributed by atoms with Gasteiger partial charge in [-0.2, -0.15) is 0 Å². The monoisotopic (exact) mass is 407 g/mol. The predicted octanol–water partition coefficient (Wildman–Crippen LogP) is 4.79. The summed E-state index contributed by atoms with van der Waals surface area (Å²) in [7, 11) is 0. The van der Waals surface area contributed by atoms with E-state index in [9.17, 15) is 4.79 Å². The minimum Gasteiger partial charge on any atom is -0.352 e. The highest BCUT2D eigenvalue weighted by Gasteiger charge is 2.19. The summed E-state index contributed by atoms with van der Waals surface area (Å²) in [4.78, 5) is 12.7. The van der Waals surface area contributed by atoms with Crippen LogP contribution in [0.4, 0.5) is 0 Å². The molecule has 1 amide bonds. The number of halogens is 3. The number of carbonyl (C=O) groups is 1. The molecule has 0 heterocycles. The van der Waals surface area contributed by atoms with E-state index in [0.29, 0.717) is 21.3 Å². The van der Waals surface area contributed by atoms with Gasteiger partial charge in [0.05, 0.1) is 0 Å². The normalized spacial score (nSPS) is 23.1. The fourth-order valence-corrected chi connectivity index (χ4v) is 3.74. The molecular weight excluding hydrogens is 393 g/mol. The Kier molecular flexibility index (Phi) is 5.72. The van der Waals surface area contributed by atoms with Gasteiger partial charge in [-0.3, -0.25) is 4.79 Å². The van der Waals surface area contributed by atoms with Crippen molar-refractivity contribution in [1.82, 2.24) is 5.32 Å². The first kappa shape index (κ1) is 15.3. The Morgan fingerprint density at radius 1 is 1.26 bits per heavy atom. The van der Waals surface area contributed by atoms with Crippen molar-refractivity contribution < 1.29 is 4.79 Å². The van der Waals surface area contributed by atoms with Crippen LogP contribution in [0, 0.1) is 5.92 Å². The summed E-state index contributed by atoms with van der Waals surface area (Å²) >= 11 is 12.9. The maximum atomic E-state index is 12.1. The second-order valence-corrected chi connectivity index (χ2v) is 7.63. The maximum absolute atomic E-state index is 12.1. The highest BCUT2D eigenvalue weighted by molar-refractivity contribution is 9.10. The van der Waals surface area contributed by atoms with Crippen LogP contribution in [0.15, 0.2) is 22.7 Å². The summed E-state index contributed by atoms with van der Waals surface area (Å²) in [6.45, 7) is 0.753. The summed E-state index contributed by atoms with van der Waals surface area (Å²) in [5, 5.41) is 3.57. The Hall–Kier alpha value is -0.0600. The Bertz CT molecular complexity index is 439. The van der Waals surface area contributed by atoms with Crippen molar-refractivity contribution in [2.24, 2.45) is 5.92 Å². The average molecular weight is 410 g/mol. The first-order chi connectivity index (χ1) is 9.04. The van der Waals surface area contributed by atoms with Crippen molar-refractivity contribution in [2.75, 3.05) is 6.54 Å². The Morgan fingerprint density at radius 3 is 2.58 bits per heavy atom. The van der Waals surface area contributed by atoms with E-state index in [1.54, 1.807) is 18.2 Å². The second-order valence-electron chi connectivity index (χ2n) is 4.99. The molecule has 0 unspecified atom stereocenters. The lowest BCUT2D eigenvalue weighted by molar-refractivity contribution is 0.0944. The predicted molar refractivity (Wildman–Crippen MR) is 86.2 cm³/mol. The third-order valence-corrected chi connectivity index (χ3v) is 5.04. The molecule has 104 valence electrons. The summed E-state index contributed by atoms with van der Waals surface area (Å²) in [5.74, 6) is 0.546. The van der Waals surface area contributed by atoms with E-state index in [2.05, 4.69) is 37.2 Å².